The lowest BCUT2D eigenvalue weighted by molar-refractivity contribution is -0.116. The van der Waals surface area contributed by atoms with Crippen LogP contribution in [0.4, 0.5) is 10.3 Å². The Bertz CT molecular complexity index is 1370. The van der Waals surface area contributed by atoms with Crippen LogP contribution < -0.4 is 10.1 Å². The molecule has 0 atom stereocenters. The molecule has 3 aromatic carbocycles. The average Bonchev–Trinajstić information content (AvgIpc) is 3.31. The number of carbonyl (C=O) groups excluding carboxylic acids is 2. The molecule has 0 saturated carbocycles. The molecule has 9 heteroatoms. The van der Waals surface area contributed by atoms with E-state index in [4.69, 9.17) is 16.3 Å². The second-order valence-corrected chi connectivity index (χ2v) is 8.34. The highest BCUT2D eigenvalue weighted by Gasteiger charge is 2.20. The number of anilines is 1. The zero-order chi connectivity index (χ0) is 25.7. The lowest BCUT2D eigenvalue weighted by atomic mass is 10.2. The van der Waals surface area contributed by atoms with Crippen molar-refractivity contribution >= 4 is 29.4 Å². The molecule has 0 radical (unpaired) electrons. The molecule has 0 aliphatic carbocycles. The number of amides is 2. The summed E-state index contributed by atoms with van der Waals surface area (Å²) in [6.45, 7) is 1.86. The highest BCUT2D eigenvalue weighted by Crippen LogP contribution is 2.27. The molecule has 1 aromatic heterocycles. The van der Waals surface area contributed by atoms with Crippen LogP contribution in [0.2, 0.25) is 5.02 Å². The third-order valence-corrected chi connectivity index (χ3v) is 5.78. The normalized spacial score (nSPS) is 10.7. The van der Waals surface area contributed by atoms with Gasteiger partial charge in [-0.05, 0) is 55.5 Å². The minimum atomic E-state index is -0.437. The molecule has 0 unspecified atom stereocenters. The molecule has 184 valence electrons. The number of benzene rings is 3. The third kappa shape index (κ3) is 5.72. The van der Waals surface area contributed by atoms with Gasteiger partial charge in [0.2, 0.25) is 11.9 Å². The lowest BCUT2D eigenvalue weighted by Gasteiger charge is -2.20. The highest BCUT2D eigenvalue weighted by atomic mass is 35.5. The number of likely N-dealkylation sites (N-methyl/N-ethyl adjacent to an activating group) is 1. The number of nitrogens with one attached hydrogen (secondary N) is 1. The zero-order valence-electron chi connectivity index (χ0n) is 19.7. The summed E-state index contributed by atoms with van der Waals surface area (Å²) in [5, 5.41) is 3.42. The highest BCUT2D eigenvalue weighted by molar-refractivity contribution is 6.30. The van der Waals surface area contributed by atoms with Gasteiger partial charge in [0, 0.05) is 35.0 Å². The number of rotatable bonds is 8. The largest absolute Gasteiger partial charge is 0.497 e. The first-order valence-electron chi connectivity index (χ1n) is 11.2. The van der Waals surface area contributed by atoms with E-state index in [1.807, 2.05) is 36.4 Å². The average molecular weight is 507 g/mol. The van der Waals surface area contributed by atoms with Gasteiger partial charge in [0.1, 0.15) is 18.1 Å². The third-order valence-electron chi connectivity index (χ3n) is 5.52. The van der Waals surface area contributed by atoms with Gasteiger partial charge in [-0.25, -0.2) is 9.37 Å². The summed E-state index contributed by atoms with van der Waals surface area (Å²) in [7, 11) is 1.58. The van der Waals surface area contributed by atoms with E-state index in [0.29, 0.717) is 28.6 Å². The van der Waals surface area contributed by atoms with E-state index >= 15 is 0 Å². The summed E-state index contributed by atoms with van der Waals surface area (Å²) in [5.41, 5.74) is 2.47. The van der Waals surface area contributed by atoms with Crippen LogP contribution in [-0.2, 0) is 4.79 Å². The van der Waals surface area contributed by atoms with Gasteiger partial charge in [0.05, 0.1) is 18.5 Å². The van der Waals surface area contributed by atoms with E-state index in [2.05, 4.69) is 10.3 Å². The van der Waals surface area contributed by atoms with Crippen LogP contribution >= 0.6 is 11.6 Å². The maximum Gasteiger partial charge on any atom is 0.254 e. The molecule has 4 rings (SSSR count). The molecule has 7 nitrogen and oxygen atoms in total. The van der Waals surface area contributed by atoms with Crippen molar-refractivity contribution in [2.24, 2.45) is 0 Å². The zero-order valence-corrected chi connectivity index (χ0v) is 20.5. The van der Waals surface area contributed by atoms with Gasteiger partial charge in [0.15, 0.2) is 0 Å². The summed E-state index contributed by atoms with van der Waals surface area (Å²) >= 11 is 6.03. The number of imidazole rings is 1. The van der Waals surface area contributed by atoms with E-state index in [0.717, 1.165) is 11.3 Å². The Morgan fingerprint density at radius 3 is 2.47 bits per heavy atom. The predicted molar refractivity (Wildman–Crippen MR) is 137 cm³/mol. The van der Waals surface area contributed by atoms with Crippen LogP contribution in [0.5, 0.6) is 5.75 Å². The van der Waals surface area contributed by atoms with Crippen LogP contribution in [0.15, 0.2) is 79.0 Å². The van der Waals surface area contributed by atoms with Crippen LogP contribution in [0.1, 0.15) is 17.3 Å². The van der Waals surface area contributed by atoms with Gasteiger partial charge < -0.3 is 9.64 Å². The quantitative estimate of drug-likeness (QED) is 0.345. The van der Waals surface area contributed by atoms with E-state index in [1.54, 1.807) is 36.9 Å². The number of halogens is 2. The summed E-state index contributed by atoms with van der Waals surface area (Å²) in [5.74, 6) is -0.305. The van der Waals surface area contributed by atoms with Gasteiger partial charge >= 0.3 is 0 Å². The molecule has 0 fully saturated rings. The molecule has 4 aromatic rings. The van der Waals surface area contributed by atoms with Crippen molar-refractivity contribution in [3.05, 3.63) is 95.4 Å². The van der Waals surface area contributed by atoms with Gasteiger partial charge in [0.25, 0.3) is 5.91 Å². The lowest BCUT2D eigenvalue weighted by Crippen LogP contribution is -2.38. The van der Waals surface area contributed by atoms with E-state index in [1.165, 1.54) is 29.2 Å². The fraction of sp³-hybridized carbons (Fsp3) is 0.148. The Kier molecular flexibility index (Phi) is 7.65. The van der Waals surface area contributed by atoms with Crippen molar-refractivity contribution in [1.82, 2.24) is 14.5 Å². The SMILES string of the molecule is CCN(CC(=O)Nc1nc(-c2ccc(Cl)cc2)cn1-c1cccc(OC)c1)C(=O)c1ccc(F)cc1. The van der Waals surface area contributed by atoms with Gasteiger partial charge in [-0.15, -0.1) is 0 Å². The Morgan fingerprint density at radius 1 is 1.08 bits per heavy atom. The Hall–Kier alpha value is -4.17. The van der Waals surface area contributed by atoms with Crippen LogP contribution in [0.3, 0.4) is 0 Å². The second-order valence-electron chi connectivity index (χ2n) is 7.90. The first-order chi connectivity index (χ1) is 17.4. The first kappa shape index (κ1) is 24.9. The van der Waals surface area contributed by atoms with E-state index < -0.39 is 11.7 Å². The van der Waals surface area contributed by atoms with Crippen LogP contribution in [0, 0.1) is 5.82 Å². The molecule has 0 spiro atoms. The van der Waals surface area contributed by atoms with Crippen molar-refractivity contribution in [3.8, 4) is 22.7 Å². The van der Waals surface area contributed by atoms with Crippen LogP contribution in [0.25, 0.3) is 16.9 Å². The van der Waals surface area contributed by atoms with E-state index in [-0.39, 0.29) is 18.4 Å². The molecule has 0 aliphatic rings. The van der Waals surface area contributed by atoms with Crippen molar-refractivity contribution in [3.63, 3.8) is 0 Å². The summed E-state index contributed by atoms with van der Waals surface area (Å²) in [6, 6.07) is 19.8. The molecule has 1 N–H and O–H groups in total. The number of hydrogen-bond acceptors (Lipinski definition) is 4. The number of hydrogen-bond donors (Lipinski definition) is 1. The Balaban J connectivity index is 1.61. The molecule has 1 heterocycles. The number of carbonyl (C=O) groups is 2. The molecular weight excluding hydrogens is 483 g/mol. The Morgan fingerprint density at radius 2 is 1.81 bits per heavy atom. The van der Waals surface area contributed by atoms with Gasteiger partial charge in [-0.2, -0.15) is 0 Å². The molecule has 36 heavy (non-hydrogen) atoms. The summed E-state index contributed by atoms with van der Waals surface area (Å²) in [6.07, 6.45) is 1.80. The first-order valence-corrected chi connectivity index (χ1v) is 11.6. The topological polar surface area (TPSA) is 76.5 Å². The maximum atomic E-state index is 13.2. The maximum absolute atomic E-state index is 13.2. The summed E-state index contributed by atoms with van der Waals surface area (Å²) < 4.78 is 20.3. The standard InChI is InChI=1S/C27H24ClFN4O3/c1-3-32(26(35)19-9-13-21(29)14-10-19)17-25(34)31-27-30-24(18-7-11-20(28)12-8-18)16-33(27)22-5-4-6-23(15-22)36-2/h4-16H,3,17H2,1-2H3,(H,30,31,34). The fourth-order valence-corrected chi connectivity index (χ4v) is 3.75. The minimum absolute atomic E-state index is 0.200. The predicted octanol–water partition coefficient (Wildman–Crippen LogP) is 5.44. The summed E-state index contributed by atoms with van der Waals surface area (Å²) in [4.78, 5) is 31.8. The van der Waals surface area contributed by atoms with Crippen molar-refractivity contribution in [1.29, 1.82) is 0 Å². The molecule has 0 aliphatic heterocycles. The number of nitrogens with zero attached hydrogens (tertiary/aromatic N) is 3. The molecule has 0 saturated heterocycles. The van der Waals surface area contributed by atoms with E-state index in [9.17, 15) is 14.0 Å². The molecular formula is C27H24ClFN4O3. The van der Waals surface area contributed by atoms with Crippen molar-refractivity contribution in [2.45, 2.75) is 6.92 Å². The smallest absolute Gasteiger partial charge is 0.254 e. The Labute approximate surface area is 213 Å². The van der Waals surface area contributed by atoms with Gasteiger partial charge in [-0.1, -0.05) is 29.8 Å². The van der Waals surface area contributed by atoms with Crippen molar-refractivity contribution in [2.75, 3.05) is 25.5 Å². The molecule has 2 amide bonds. The fourth-order valence-electron chi connectivity index (χ4n) is 3.63. The monoisotopic (exact) mass is 506 g/mol. The number of aromatic nitrogens is 2. The number of ether oxygens (including phenoxy) is 1. The number of methoxy groups -OCH3 is 1. The molecule has 0 bridgehead atoms. The van der Waals surface area contributed by atoms with Crippen molar-refractivity contribution < 1.29 is 18.7 Å². The second kappa shape index (κ2) is 11.0. The van der Waals surface area contributed by atoms with Crippen LogP contribution in [-0.4, -0.2) is 46.5 Å². The minimum Gasteiger partial charge on any atom is -0.497 e. The van der Waals surface area contributed by atoms with Gasteiger partial charge in [-0.3, -0.25) is 19.5 Å².